The van der Waals surface area contributed by atoms with Crippen molar-refractivity contribution in [2.24, 2.45) is 5.73 Å². The van der Waals surface area contributed by atoms with Crippen LogP contribution < -0.4 is 30.7 Å². The molecule has 0 radical (unpaired) electrons. The standard InChI is InChI=1S/C25H27N7O5/c26-7-9-35-23-13-28-12-19(29-23)17-3-1-2-16(10-17)11-27-8-6-18-14-32(25(34)37-18)21-5-4-20-24(30-21)31-22(33)15-36-20/h1-5,10,12-13,18,27H,6-9,11,14-15,26H2,(H,30,31,33). The van der Waals surface area contributed by atoms with Gasteiger partial charge in [0.1, 0.15) is 18.5 Å². The van der Waals surface area contributed by atoms with Crippen LogP contribution in [0.2, 0.25) is 0 Å². The lowest BCUT2D eigenvalue weighted by Gasteiger charge is -2.19. The number of hydrogen-bond acceptors (Lipinski definition) is 10. The Hall–Kier alpha value is -4.29. The predicted octanol–water partition coefficient (Wildman–Crippen LogP) is 1.71. The summed E-state index contributed by atoms with van der Waals surface area (Å²) in [5, 5.41) is 6.05. The number of nitrogens with two attached hydrogens (primary N) is 1. The van der Waals surface area contributed by atoms with E-state index in [4.69, 9.17) is 19.9 Å². The van der Waals surface area contributed by atoms with E-state index in [0.717, 1.165) is 16.8 Å². The van der Waals surface area contributed by atoms with Gasteiger partial charge in [0.15, 0.2) is 18.2 Å². The molecule has 0 aliphatic carbocycles. The molecule has 0 saturated carbocycles. The molecule has 2 aliphatic heterocycles. The van der Waals surface area contributed by atoms with Gasteiger partial charge in [-0.25, -0.2) is 14.8 Å². The largest absolute Gasteiger partial charge is 0.480 e. The Kier molecular flexibility index (Phi) is 7.38. The van der Waals surface area contributed by atoms with Crippen LogP contribution in [0.3, 0.4) is 0 Å². The second kappa shape index (κ2) is 11.2. The number of hydrogen-bond donors (Lipinski definition) is 3. The van der Waals surface area contributed by atoms with E-state index in [-0.39, 0.29) is 18.6 Å². The molecule has 1 aromatic carbocycles. The second-order valence-corrected chi connectivity index (χ2v) is 8.51. The molecule has 1 unspecified atom stereocenters. The lowest BCUT2D eigenvalue weighted by atomic mass is 10.1. The smallest absolute Gasteiger partial charge is 0.415 e. The molecule has 37 heavy (non-hydrogen) atoms. The van der Waals surface area contributed by atoms with E-state index in [1.54, 1.807) is 24.5 Å². The topological polar surface area (TPSA) is 154 Å². The number of ether oxygens (including phenoxy) is 3. The van der Waals surface area contributed by atoms with Gasteiger partial charge in [-0.15, -0.1) is 0 Å². The summed E-state index contributed by atoms with van der Waals surface area (Å²) < 4.78 is 16.3. The van der Waals surface area contributed by atoms with E-state index in [2.05, 4.69) is 25.6 Å². The zero-order chi connectivity index (χ0) is 25.6. The molecule has 4 N–H and O–H groups in total. The molecule has 2 aliphatic rings. The van der Waals surface area contributed by atoms with E-state index < -0.39 is 6.09 Å². The van der Waals surface area contributed by atoms with Gasteiger partial charge in [-0.2, -0.15) is 0 Å². The van der Waals surface area contributed by atoms with Crippen molar-refractivity contribution in [1.29, 1.82) is 0 Å². The second-order valence-electron chi connectivity index (χ2n) is 8.51. The number of carbonyl (C=O) groups excluding carboxylic acids is 2. The number of fused-ring (bicyclic) bond motifs is 1. The highest BCUT2D eigenvalue weighted by Gasteiger charge is 2.33. The summed E-state index contributed by atoms with van der Waals surface area (Å²) in [7, 11) is 0. The predicted molar refractivity (Wildman–Crippen MR) is 134 cm³/mol. The van der Waals surface area contributed by atoms with Crippen LogP contribution in [0.5, 0.6) is 11.6 Å². The quantitative estimate of drug-likeness (QED) is 0.347. The van der Waals surface area contributed by atoms with Gasteiger partial charge < -0.3 is 30.6 Å². The molecule has 5 rings (SSSR count). The molecule has 192 valence electrons. The van der Waals surface area contributed by atoms with Crippen LogP contribution in [-0.4, -0.2) is 65.9 Å². The summed E-state index contributed by atoms with van der Waals surface area (Å²) in [5.74, 6) is 1.33. The molecule has 1 fully saturated rings. The van der Waals surface area contributed by atoms with Crippen molar-refractivity contribution in [3.63, 3.8) is 0 Å². The number of cyclic esters (lactones) is 1. The van der Waals surface area contributed by atoms with E-state index in [1.807, 2.05) is 24.3 Å². The van der Waals surface area contributed by atoms with Gasteiger partial charge >= 0.3 is 6.09 Å². The Morgan fingerprint density at radius 1 is 1.19 bits per heavy atom. The fourth-order valence-corrected chi connectivity index (χ4v) is 4.02. The van der Waals surface area contributed by atoms with Gasteiger partial charge in [0.25, 0.3) is 5.91 Å². The Morgan fingerprint density at radius 3 is 3.00 bits per heavy atom. The first-order valence-corrected chi connectivity index (χ1v) is 12.0. The number of anilines is 2. The minimum absolute atomic E-state index is 0.0510. The monoisotopic (exact) mass is 505 g/mol. The Labute approximate surface area is 213 Å². The van der Waals surface area contributed by atoms with Gasteiger partial charge in [0.2, 0.25) is 5.88 Å². The summed E-state index contributed by atoms with van der Waals surface area (Å²) in [5.41, 5.74) is 8.22. The average Bonchev–Trinajstić information content (AvgIpc) is 3.30. The van der Waals surface area contributed by atoms with Gasteiger partial charge in [-0.3, -0.25) is 14.7 Å². The van der Waals surface area contributed by atoms with Crippen LogP contribution in [0.15, 0.2) is 48.8 Å². The maximum Gasteiger partial charge on any atom is 0.415 e. The summed E-state index contributed by atoms with van der Waals surface area (Å²) in [6.45, 7) is 2.40. The molecule has 2 aromatic heterocycles. The van der Waals surface area contributed by atoms with Crippen molar-refractivity contribution in [1.82, 2.24) is 20.3 Å². The zero-order valence-electron chi connectivity index (χ0n) is 20.1. The molecule has 4 heterocycles. The highest BCUT2D eigenvalue weighted by Crippen LogP contribution is 2.30. The SMILES string of the molecule is NCCOc1cncc(-c2cccc(CNCCC3CN(c4ccc5c(n4)NC(=O)CO5)C(=O)O3)c2)n1. The number of nitrogens with one attached hydrogen (secondary N) is 2. The fraction of sp³-hybridized carbons (Fsp3) is 0.320. The first-order chi connectivity index (χ1) is 18.1. The first-order valence-electron chi connectivity index (χ1n) is 12.0. The van der Waals surface area contributed by atoms with Crippen molar-refractivity contribution in [2.75, 3.05) is 43.1 Å². The van der Waals surface area contributed by atoms with Crippen LogP contribution >= 0.6 is 0 Å². The van der Waals surface area contributed by atoms with Crippen LogP contribution in [0.1, 0.15) is 12.0 Å². The summed E-state index contributed by atoms with van der Waals surface area (Å²) in [6.07, 6.45) is 3.16. The number of benzene rings is 1. The molecule has 1 atom stereocenters. The Bertz CT molecular complexity index is 1290. The minimum atomic E-state index is -0.466. The van der Waals surface area contributed by atoms with Crippen LogP contribution in [0.4, 0.5) is 16.4 Å². The third-order valence-corrected chi connectivity index (χ3v) is 5.79. The maximum atomic E-state index is 12.4. The zero-order valence-corrected chi connectivity index (χ0v) is 20.1. The molecular formula is C25H27N7O5. The lowest BCUT2D eigenvalue weighted by Crippen LogP contribution is -2.29. The number of carbonyl (C=O) groups is 2. The third kappa shape index (κ3) is 5.93. The normalized spacial score (nSPS) is 16.6. The Morgan fingerprint density at radius 2 is 2.11 bits per heavy atom. The number of nitrogens with zero attached hydrogens (tertiary/aromatic N) is 4. The maximum absolute atomic E-state index is 12.4. The molecule has 12 nitrogen and oxygen atoms in total. The van der Waals surface area contributed by atoms with Crippen molar-refractivity contribution in [2.45, 2.75) is 19.1 Å². The van der Waals surface area contributed by atoms with E-state index in [9.17, 15) is 9.59 Å². The Balaban J connectivity index is 1.12. The number of rotatable bonds is 10. The summed E-state index contributed by atoms with van der Waals surface area (Å²) in [4.78, 5) is 38.5. The highest BCUT2D eigenvalue weighted by atomic mass is 16.6. The molecular weight excluding hydrogens is 478 g/mol. The summed E-state index contributed by atoms with van der Waals surface area (Å²) >= 11 is 0. The number of aromatic nitrogens is 3. The molecule has 1 saturated heterocycles. The van der Waals surface area contributed by atoms with E-state index in [1.165, 1.54) is 4.90 Å². The minimum Gasteiger partial charge on any atom is -0.480 e. The van der Waals surface area contributed by atoms with Crippen molar-refractivity contribution in [3.05, 3.63) is 54.4 Å². The van der Waals surface area contributed by atoms with E-state index in [0.29, 0.717) is 62.5 Å². The molecule has 0 spiro atoms. The van der Waals surface area contributed by atoms with Gasteiger partial charge in [0.05, 0.1) is 24.6 Å². The van der Waals surface area contributed by atoms with Gasteiger partial charge in [-0.05, 0) is 36.7 Å². The average molecular weight is 506 g/mol. The number of amides is 2. The lowest BCUT2D eigenvalue weighted by molar-refractivity contribution is -0.118. The van der Waals surface area contributed by atoms with Crippen molar-refractivity contribution < 1.29 is 23.8 Å². The van der Waals surface area contributed by atoms with Gasteiger partial charge in [-0.1, -0.05) is 18.2 Å². The molecule has 2 amide bonds. The molecule has 0 bridgehead atoms. The first kappa shape index (κ1) is 24.4. The fourth-order valence-electron chi connectivity index (χ4n) is 4.02. The van der Waals surface area contributed by atoms with Crippen molar-refractivity contribution in [3.8, 4) is 22.9 Å². The third-order valence-electron chi connectivity index (χ3n) is 5.79. The van der Waals surface area contributed by atoms with Crippen LogP contribution in [0, 0.1) is 0 Å². The van der Waals surface area contributed by atoms with E-state index >= 15 is 0 Å². The van der Waals surface area contributed by atoms with Gasteiger partial charge in [0, 0.05) is 18.7 Å². The van der Waals surface area contributed by atoms with Crippen molar-refractivity contribution >= 4 is 23.6 Å². The highest BCUT2D eigenvalue weighted by molar-refractivity contribution is 5.95. The molecule has 3 aromatic rings. The summed E-state index contributed by atoms with van der Waals surface area (Å²) in [6, 6.07) is 11.4. The van der Waals surface area contributed by atoms with Crippen LogP contribution in [-0.2, 0) is 16.1 Å². The van der Waals surface area contributed by atoms with Crippen LogP contribution in [0.25, 0.3) is 11.3 Å². The number of pyridine rings is 1. The molecule has 12 heteroatoms.